The van der Waals surface area contributed by atoms with E-state index in [1.807, 2.05) is 17.7 Å². The number of nitrogens with two attached hydrogens (primary N) is 1. The summed E-state index contributed by atoms with van der Waals surface area (Å²) in [6.45, 7) is -1.20. The number of fused-ring (bicyclic) bond motifs is 1. The zero-order valence-electron chi connectivity index (χ0n) is 25.7. The summed E-state index contributed by atoms with van der Waals surface area (Å²) in [5.41, 5.74) is 8.25. The molecule has 6 heterocycles. The number of nitrogen functional groups attached to an aromatic ring is 1. The van der Waals surface area contributed by atoms with Crippen LogP contribution in [0.25, 0.3) is 22.2 Å². The maximum absolute atomic E-state index is 13.6. The monoisotopic (exact) mass is 714 g/mol. The van der Waals surface area contributed by atoms with Crippen molar-refractivity contribution >= 4 is 54.1 Å². The van der Waals surface area contributed by atoms with Gasteiger partial charge in [0.25, 0.3) is 0 Å². The van der Waals surface area contributed by atoms with Gasteiger partial charge in [-0.15, -0.1) is 0 Å². The number of anilines is 1. The van der Waals surface area contributed by atoms with E-state index in [1.54, 1.807) is 7.11 Å². The highest BCUT2D eigenvalue weighted by atomic mass is 32.5. The van der Waals surface area contributed by atoms with E-state index < -0.39 is 51.7 Å². The second-order valence-corrected chi connectivity index (χ2v) is 16.0. The number of aryl methyl sites for hydroxylation is 1. The van der Waals surface area contributed by atoms with Crippen LogP contribution in [0.4, 0.5) is 5.82 Å². The molecular weight excluding hydrogens is 678 g/mol. The number of hydrogen-bond donors (Lipinski definition) is 4. The Balaban J connectivity index is 1.14. The van der Waals surface area contributed by atoms with Crippen LogP contribution in [0, 0.1) is 0 Å². The Kier molecular flexibility index (Phi) is 9.96. The predicted molar refractivity (Wildman–Crippen MR) is 170 cm³/mol. The van der Waals surface area contributed by atoms with E-state index >= 15 is 0 Å². The number of aliphatic hydroxyl groups excluding tert-OH is 1. The lowest BCUT2D eigenvalue weighted by Crippen LogP contribution is -2.35. The van der Waals surface area contributed by atoms with Gasteiger partial charge >= 0.3 is 14.3 Å². The zero-order valence-corrected chi connectivity index (χ0v) is 28.3. The Bertz CT molecular complexity index is 1840. The molecule has 0 spiro atoms. The van der Waals surface area contributed by atoms with E-state index in [0.29, 0.717) is 24.4 Å². The summed E-state index contributed by atoms with van der Waals surface area (Å²) in [5, 5.41) is 12.0. The van der Waals surface area contributed by atoms with Gasteiger partial charge in [-0.2, -0.15) is 0 Å². The number of rotatable bonds is 13. The molecule has 4 aromatic heterocycles. The van der Waals surface area contributed by atoms with Crippen LogP contribution in [0.1, 0.15) is 44.2 Å². The lowest BCUT2D eigenvalue weighted by atomic mass is 10.1. The first-order valence-corrected chi connectivity index (χ1v) is 19.4. The molecule has 1 saturated heterocycles. The highest BCUT2D eigenvalue weighted by molar-refractivity contribution is 8.06. The van der Waals surface area contributed by atoms with E-state index in [4.69, 9.17) is 33.5 Å². The second-order valence-electron chi connectivity index (χ2n) is 11.3. The van der Waals surface area contributed by atoms with Crippen LogP contribution in [0.5, 0.6) is 5.88 Å². The molecule has 0 aromatic carbocycles. The lowest BCUT2D eigenvalue weighted by Gasteiger charge is -2.25. The molecule has 1 unspecified atom stereocenters. The summed E-state index contributed by atoms with van der Waals surface area (Å²) in [4.78, 5) is 40.3. The van der Waals surface area contributed by atoms with Crippen molar-refractivity contribution in [3.05, 3.63) is 30.7 Å². The van der Waals surface area contributed by atoms with Crippen LogP contribution in [0.3, 0.4) is 0 Å². The smallest absolute Gasteiger partial charge is 0.328 e. The van der Waals surface area contributed by atoms with Crippen molar-refractivity contribution in [2.24, 2.45) is 0 Å². The average molecular weight is 715 g/mol. The highest BCUT2D eigenvalue weighted by Crippen LogP contribution is 2.50. The number of nitrogens with zero attached hydrogens (tertiary/aromatic N) is 7. The standard InChI is InChI=1S/C26H36N8O10P2S/c1-14-6-7-15-9-33(23-18(15)25(42-14)31-12-29-23)17(39-2)5-4-8-40-45(3,36)44-21-20(35)16(10-41-46(37,38)47)43-26(21)34-13-32-19-22(27)28-11-30-24(19)34/h9,11-14,16-17,20-21,26,35H,4-8,10H2,1-3H3,(H2,27,28,30)(H2,37,38,47)/t14-,16+,17+,20+,21+,26+,45?/m0/s1. The molecule has 0 radical (unpaired) electrons. The molecule has 0 saturated carbocycles. The first-order valence-electron chi connectivity index (χ1n) is 14.8. The van der Waals surface area contributed by atoms with Crippen LogP contribution in [0.15, 0.2) is 25.2 Å². The Morgan fingerprint density at radius 1 is 1.17 bits per heavy atom. The van der Waals surface area contributed by atoms with Crippen molar-refractivity contribution in [3.8, 4) is 5.88 Å². The molecule has 21 heteroatoms. The Labute approximate surface area is 273 Å². The number of methoxy groups -OCH3 is 1. The molecule has 6 rings (SSSR count). The topological polar surface area (TPSA) is 233 Å². The van der Waals surface area contributed by atoms with Crippen molar-refractivity contribution in [2.75, 3.05) is 32.7 Å². The van der Waals surface area contributed by atoms with E-state index in [1.165, 1.54) is 30.2 Å². The fourth-order valence-electron chi connectivity index (χ4n) is 5.77. The number of aliphatic hydroxyl groups is 1. The molecule has 0 bridgehead atoms. The van der Waals surface area contributed by atoms with Crippen molar-refractivity contribution < 1.29 is 47.2 Å². The van der Waals surface area contributed by atoms with Crippen LogP contribution >= 0.6 is 14.3 Å². The fourth-order valence-corrected chi connectivity index (χ4v) is 7.48. The fraction of sp³-hybridized carbons (Fsp3) is 0.577. The van der Waals surface area contributed by atoms with E-state index in [-0.39, 0.29) is 29.7 Å². The SMILES string of the molecule is CO[C@H](CCCOP(C)(=O)O[C@@H]1[C@H](O)[C@@H](COP(O)(O)=S)O[C@H]1n1cnc2c(N)ncnc21)n1cc2c3c(ncnc31)O[C@@H](C)CC2. The first-order chi connectivity index (χ1) is 22.3. The van der Waals surface area contributed by atoms with Crippen molar-refractivity contribution in [2.45, 2.75) is 69.5 Å². The van der Waals surface area contributed by atoms with E-state index in [9.17, 15) is 19.5 Å². The minimum absolute atomic E-state index is 0.0389. The van der Waals surface area contributed by atoms with Crippen molar-refractivity contribution in [1.82, 2.24) is 34.1 Å². The summed E-state index contributed by atoms with van der Waals surface area (Å²) in [6, 6.07) is 0. The third kappa shape index (κ3) is 7.35. The normalized spacial score (nSPS) is 25.1. The third-order valence-corrected chi connectivity index (χ3v) is 10.1. The first kappa shape index (κ1) is 34.2. The van der Waals surface area contributed by atoms with E-state index in [2.05, 4.69) is 36.7 Å². The minimum atomic E-state index is -4.06. The molecule has 5 N–H and O–H groups in total. The largest absolute Gasteiger partial charge is 0.474 e. The number of aromatic nitrogens is 7. The molecule has 0 aliphatic carbocycles. The van der Waals surface area contributed by atoms with Crippen LogP contribution in [-0.4, -0.2) is 100 Å². The van der Waals surface area contributed by atoms with Gasteiger partial charge in [-0.3, -0.25) is 13.7 Å². The average Bonchev–Trinajstić information content (AvgIpc) is 3.66. The third-order valence-electron chi connectivity index (χ3n) is 7.98. The highest BCUT2D eigenvalue weighted by Gasteiger charge is 2.49. The van der Waals surface area contributed by atoms with Gasteiger partial charge < -0.3 is 48.5 Å². The van der Waals surface area contributed by atoms with Gasteiger partial charge in [0.2, 0.25) is 5.88 Å². The predicted octanol–water partition coefficient (Wildman–Crippen LogP) is 2.20. The minimum Gasteiger partial charge on any atom is -0.474 e. The molecule has 2 aliphatic heterocycles. The second kappa shape index (κ2) is 13.7. The molecule has 2 aliphatic rings. The Hall–Kier alpha value is -2.67. The maximum Gasteiger partial charge on any atom is 0.328 e. The van der Waals surface area contributed by atoms with Gasteiger partial charge in [0.1, 0.15) is 48.4 Å². The summed E-state index contributed by atoms with van der Waals surface area (Å²) in [6.07, 6.45) is 3.30. The van der Waals surface area contributed by atoms with Crippen LogP contribution in [0.2, 0.25) is 0 Å². The van der Waals surface area contributed by atoms with E-state index in [0.717, 1.165) is 23.8 Å². The Morgan fingerprint density at radius 2 is 1.94 bits per heavy atom. The number of ether oxygens (including phenoxy) is 3. The molecule has 4 aromatic rings. The van der Waals surface area contributed by atoms with Gasteiger partial charge in [-0.25, -0.2) is 24.9 Å². The summed E-state index contributed by atoms with van der Waals surface area (Å²) >= 11 is 4.53. The van der Waals surface area contributed by atoms with Crippen molar-refractivity contribution in [3.63, 3.8) is 0 Å². The van der Waals surface area contributed by atoms with Crippen LogP contribution in [-0.2, 0) is 45.8 Å². The zero-order chi connectivity index (χ0) is 33.5. The molecule has 18 nitrogen and oxygen atoms in total. The quantitative estimate of drug-likeness (QED) is 0.115. The molecule has 1 fully saturated rings. The Morgan fingerprint density at radius 3 is 2.70 bits per heavy atom. The van der Waals surface area contributed by atoms with Gasteiger partial charge in [0, 0.05) is 20.0 Å². The maximum atomic E-state index is 13.6. The summed E-state index contributed by atoms with van der Waals surface area (Å²) in [7, 11) is -2.22. The molecular formula is C26H36N8O10P2S. The number of imidazole rings is 1. The van der Waals surface area contributed by atoms with Gasteiger partial charge in [0.05, 0.1) is 31.0 Å². The lowest BCUT2D eigenvalue weighted by molar-refractivity contribution is -0.0470. The summed E-state index contributed by atoms with van der Waals surface area (Å²) < 4.78 is 51.3. The van der Waals surface area contributed by atoms with Gasteiger partial charge in [-0.05, 0) is 50.0 Å². The van der Waals surface area contributed by atoms with Crippen LogP contribution < -0.4 is 10.5 Å². The molecule has 256 valence electrons. The molecule has 7 atom stereocenters. The molecule has 0 amide bonds. The number of hydrogen-bond acceptors (Lipinski definition) is 15. The van der Waals surface area contributed by atoms with Gasteiger partial charge in [0.15, 0.2) is 17.7 Å². The summed E-state index contributed by atoms with van der Waals surface area (Å²) in [5.74, 6) is 0.673. The van der Waals surface area contributed by atoms with Crippen molar-refractivity contribution in [1.29, 1.82) is 0 Å². The van der Waals surface area contributed by atoms with Gasteiger partial charge in [-0.1, -0.05) is 0 Å². The molecule has 47 heavy (non-hydrogen) atoms.